The molecular weight excluding hydrogens is 321 g/mol. The maximum atomic E-state index is 13.3. The molecule has 0 radical (unpaired) electrons. The van der Waals surface area contributed by atoms with Gasteiger partial charge >= 0.3 is 6.18 Å². The van der Waals surface area contributed by atoms with E-state index in [1.54, 1.807) is 6.07 Å². The molecule has 0 saturated carbocycles. The van der Waals surface area contributed by atoms with Gasteiger partial charge in [-0.05, 0) is 23.3 Å². The molecule has 2 aromatic carbocycles. The lowest BCUT2D eigenvalue weighted by molar-refractivity contribution is -0.248. The molecule has 1 unspecified atom stereocenters. The Morgan fingerprint density at radius 3 is 1.74 bits per heavy atom. The van der Waals surface area contributed by atoms with E-state index in [2.05, 4.69) is 15.9 Å². The highest BCUT2D eigenvalue weighted by molar-refractivity contribution is 9.10. The van der Waals surface area contributed by atoms with Crippen molar-refractivity contribution < 1.29 is 18.3 Å². The second kappa shape index (κ2) is 4.98. The van der Waals surface area contributed by atoms with Gasteiger partial charge in [0.25, 0.3) is 0 Å². The fourth-order valence-corrected chi connectivity index (χ4v) is 2.13. The van der Waals surface area contributed by atoms with E-state index in [1.807, 2.05) is 0 Å². The zero-order valence-corrected chi connectivity index (χ0v) is 11.2. The van der Waals surface area contributed by atoms with Crippen LogP contribution >= 0.6 is 15.9 Å². The van der Waals surface area contributed by atoms with Crippen molar-refractivity contribution in [1.82, 2.24) is 0 Å². The zero-order chi connectivity index (χ0) is 14.1. The van der Waals surface area contributed by atoms with Crippen LogP contribution in [0.3, 0.4) is 0 Å². The maximum absolute atomic E-state index is 13.3. The molecule has 100 valence electrons. The van der Waals surface area contributed by atoms with Gasteiger partial charge in [0.2, 0.25) is 5.60 Å². The van der Waals surface area contributed by atoms with E-state index in [1.165, 1.54) is 48.5 Å². The van der Waals surface area contributed by atoms with Gasteiger partial charge < -0.3 is 5.11 Å². The van der Waals surface area contributed by atoms with Gasteiger partial charge in [0.15, 0.2) is 0 Å². The van der Waals surface area contributed by atoms with Crippen LogP contribution in [0, 0.1) is 0 Å². The summed E-state index contributed by atoms with van der Waals surface area (Å²) in [4.78, 5) is 0. The number of benzene rings is 2. The molecule has 0 bridgehead atoms. The summed E-state index contributed by atoms with van der Waals surface area (Å²) in [5.74, 6) is 0. The number of hydrogen-bond donors (Lipinski definition) is 1. The molecule has 0 spiro atoms. The van der Waals surface area contributed by atoms with Gasteiger partial charge in [-0.2, -0.15) is 13.2 Å². The molecule has 0 aromatic heterocycles. The molecule has 5 heteroatoms. The first-order valence-corrected chi connectivity index (χ1v) is 6.25. The highest BCUT2D eigenvalue weighted by Gasteiger charge is 2.56. The van der Waals surface area contributed by atoms with Gasteiger partial charge in [-0.3, -0.25) is 0 Å². The van der Waals surface area contributed by atoms with E-state index in [0.29, 0.717) is 4.47 Å². The Hall–Kier alpha value is -1.33. The maximum Gasteiger partial charge on any atom is 0.425 e. The van der Waals surface area contributed by atoms with Crippen molar-refractivity contribution in [3.63, 3.8) is 0 Å². The summed E-state index contributed by atoms with van der Waals surface area (Å²) in [5.41, 5.74) is -3.42. The number of halogens is 4. The second-order valence-electron chi connectivity index (χ2n) is 4.08. The monoisotopic (exact) mass is 330 g/mol. The van der Waals surface area contributed by atoms with Crippen LogP contribution in [0.25, 0.3) is 0 Å². The van der Waals surface area contributed by atoms with Crippen molar-refractivity contribution in [1.29, 1.82) is 0 Å². The van der Waals surface area contributed by atoms with E-state index >= 15 is 0 Å². The summed E-state index contributed by atoms with van der Waals surface area (Å²) in [6.07, 6.45) is -4.80. The van der Waals surface area contributed by atoms with E-state index in [9.17, 15) is 18.3 Å². The van der Waals surface area contributed by atoms with Crippen molar-refractivity contribution in [2.75, 3.05) is 0 Å². The SMILES string of the molecule is OC(c1ccccc1)(c1ccc(Br)cc1)C(F)(F)F. The largest absolute Gasteiger partial charge is 0.425 e. The second-order valence-corrected chi connectivity index (χ2v) is 5.00. The van der Waals surface area contributed by atoms with Crippen molar-refractivity contribution in [3.8, 4) is 0 Å². The van der Waals surface area contributed by atoms with Crippen LogP contribution in [0.4, 0.5) is 13.2 Å². The molecule has 0 aliphatic heterocycles. The van der Waals surface area contributed by atoms with Crippen LogP contribution in [-0.2, 0) is 5.60 Å². The van der Waals surface area contributed by atoms with E-state index in [0.717, 1.165) is 0 Å². The Kier molecular flexibility index (Phi) is 3.69. The third kappa shape index (κ3) is 2.53. The zero-order valence-electron chi connectivity index (χ0n) is 9.66. The standard InChI is InChI=1S/C14H10BrF3O/c15-12-8-6-11(7-9-12)13(19,14(16,17)18)10-4-2-1-3-5-10/h1-9,19H. The highest BCUT2D eigenvalue weighted by atomic mass is 79.9. The summed E-state index contributed by atoms with van der Waals surface area (Å²) in [7, 11) is 0. The van der Waals surface area contributed by atoms with E-state index < -0.39 is 11.8 Å². The van der Waals surface area contributed by atoms with E-state index in [4.69, 9.17) is 0 Å². The molecular formula is C14H10BrF3O. The molecule has 0 heterocycles. The predicted molar refractivity (Wildman–Crippen MR) is 69.6 cm³/mol. The Morgan fingerprint density at radius 2 is 1.26 bits per heavy atom. The molecule has 1 nitrogen and oxygen atoms in total. The first-order valence-electron chi connectivity index (χ1n) is 5.46. The lowest BCUT2D eigenvalue weighted by Gasteiger charge is -2.31. The molecule has 0 fully saturated rings. The molecule has 2 aromatic rings. The number of alkyl halides is 3. The smallest absolute Gasteiger partial charge is 0.372 e. The number of rotatable bonds is 2. The van der Waals surface area contributed by atoms with Gasteiger partial charge in [-0.15, -0.1) is 0 Å². The average molecular weight is 331 g/mol. The first-order chi connectivity index (χ1) is 8.85. The molecule has 19 heavy (non-hydrogen) atoms. The lowest BCUT2D eigenvalue weighted by Crippen LogP contribution is -2.43. The van der Waals surface area contributed by atoms with Gasteiger partial charge in [-0.25, -0.2) is 0 Å². The summed E-state index contributed by atoms with van der Waals surface area (Å²) in [6, 6.07) is 12.5. The van der Waals surface area contributed by atoms with Gasteiger partial charge in [0, 0.05) is 4.47 Å². The Bertz CT molecular complexity index is 551. The molecule has 0 amide bonds. The Morgan fingerprint density at radius 1 is 0.789 bits per heavy atom. The first kappa shape index (κ1) is 14.1. The van der Waals surface area contributed by atoms with Crippen LogP contribution in [0.5, 0.6) is 0 Å². The van der Waals surface area contributed by atoms with Crippen molar-refractivity contribution in [2.45, 2.75) is 11.8 Å². The number of aliphatic hydroxyl groups is 1. The van der Waals surface area contributed by atoms with Gasteiger partial charge in [0.05, 0.1) is 0 Å². The fourth-order valence-electron chi connectivity index (χ4n) is 1.86. The predicted octanol–water partition coefficient (Wildman–Crippen LogP) is 4.25. The van der Waals surface area contributed by atoms with Crippen molar-refractivity contribution in [2.24, 2.45) is 0 Å². The van der Waals surface area contributed by atoms with Crippen molar-refractivity contribution >= 4 is 15.9 Å². The average Bonchev–Trinajstić information content (AvgIpc) is 2.38. The molecule has 0 aliphatic carbocycles. The number of hydrogen-bond acceptors (Lipinski definition) is 1. The minimum absolute atomic E-state index is 0.204. The van der Waals surface area contributed by atoms with Gasteiger partial charge in [0.1, 0.15) is 0 Å². The Balaban J connectivity index is 2.63. The topological polar surface area (TPSA) is 20.2 Å². The summed E-state index contributed by atoms with van der Waals surface area (Å²) in [6.45, 7) is 0. The molecule has 1 N–H and O–H groups in total. The van der Waals surface area contributed by atoms with Crippen LogP contribution in [0.1, 0.15) is 11.1 Å². The third-order valence-corrected chi connectivity index (χ3v) is 3.39. The van der Waals surface area contributed by atoms with Crippen LogP contribution in [0.15, 0.2) is 59.1 Å². The van der Waals surface area contributed by atoms with E-state index in [-0.39, 0.29) is 11.1 Å². The van der Waals surface area contributed by atoms with Crippen LogP contribution < -0.4 is 0 Å². The summed E-state index contributed by atoms with van der Waals surface area (Å²) < 4.78 is 40.6. The summed E-state index contributed by atoms with van der Waals surface area (Å²) in [5, 5.41) is 10.2. The normalized spacial score (nSPS) is 15.0. The highest BCUT2D eigenvalue weighted by Crippen LogP contribution is 2.44. The lowest BCUT2D eigenvalue weighted by atomic mass is 9.86. The Labute approximate surface area is 116 Å². The molecule has 0 saturated heterocycles. The summed E-state index contributed by atoms with van der Waals surface area (Å²) >= 11 is 3.16. The molecule has 2 rings (SSSR count). The quantitative estimate of drug-likeness (QED) is 0.872. The van der Waals surface area contributed by atoms with Crippen LogP contribution in [0.2, 0.25) is 0 Å². The minimum atomic E-state index is -4.80. The van der Waals surface area contributed by atoms with Crippen molar-refractivity contribution in [3.05, 3.63) is 70.2 Å². The third-order valence-electron chi connectivity index (χ3n) is 2.86. The fraction of sp³-hybridized carbons (Fsp3) is 0.143. The minimum Gasteiger partial charge on any atom is -0.372 e. The molecule has 1 atom stereocenters. The van der Waals surface area contributed by atoms with Gasteiger partial charge in [-0.1, -0.05) is 58.4 Å². The van der Waals surface area contributed by atoms with Crippen LogP contribution in [-0.4, -0.2) is 11.3 Å². The molecule has 0 aliphatic rings.